The molecule has 0 fully saturated rings. The first-order chi connectivity index (χ1) is 20.7. The number of hydrogen-bond acceptors (Lipinski definition) is 1. The first-order valence-corrected chi connectivity index (χ1v) is 13.6. The summed E-state index contributed by atoms with van der Waals surface area (Å²) in [7, 11) is 53.4. The summed E-state index contributed by atoms with van der Waals surface area (Å²) in [4.78, 5) is 5.13. The molecular weight excluding hydrogens is 511 g/mol. The van der Waals surface area contributed by atoms with Crippen molar-refractivity contribution in [2.75, 3.05) is 0 Å². The fourth-order valence-corrected chi connectivity index (χ4v) is 6.10. The molecule has 0 aliphatic carbocycles. The second-order valence-electron chi connectivity index (χ2n) is 10.5. The number of hydrogen-bond donors (Lipinski definition) is 0. The van der Waals surface area contributed by atoms with E-state index in [4.69, 9.17) is 67.8 Å². The number of rotatable bonds is 3. The van der Waals surface area contributed by atoms with Gasteiger partial charge in [-0.2, -0.15) is 0 Å². The number of fused-ring (bicyclic) bond motifs is 3. The summed E-state index contributed by atoms with van der Waals surface area (Å²) in [6, 6.07) is 27.3. The molecule has 0 amide bonds. The standard InChI is InChI=1S/C33H14B8N2/c34-25-20-19(15-9-3-1-4-10-15)21-23(28(37)32(41)30(39)26(21)35)24(22(20)27(36)31(40)29(25)38)33-42-17-13-7-8-14-18(17)43(33)16-11-5-2-6-12-16/h1-14H. The van der Waals surface area contributed by atoms with Crippen molar-refractivity contribution < 1.29 is 0 Å². The minimum atomic E-state index is 0.155. The van der Waals surface area contributed by atoms with Crippen molar-refractivity contribution in [3.8, 4) is 28.2 Å². The lowest BCUT2D eigenvalue weighted by atomic mass is 9.59. The first-order valence-electron chi connectivity index (χ1n) is 13.6. The summed E-state index contributed by atoms with van der Waals surface area (Å²) in [6.45, 7) is 0. The Balaban J connectivity index is 1.86. The van der Waals surface area contributed by atoms with Gasteiger partial charge in [-0.05, 0) is 56.9 Å². The fourth-order valence-electron chi connectivity index (χ4n) is 6.10. The Labute approximate surface area is 261 Å². The van der Waals surface area contributed by atoms with Crippen molar-refractivity contribution >= 4 is 139 Å². The number of benzene rings is 6. The second kappa shape index (κ2) is 10.2. The molecule has 0 atom stereocenters. The molecule has 10 heteroatoms. The van der Waals surface area contributed by atoms with Gasteiger partial charge in [-0.25, -0.2) is 4.98 Å². The van der Waals surface area contributed by atoms with Crippen molar-refractivity contribution in [1.29, 1.82) is 0 Å². The molecule has 180 valence electrons. The van der Waals surface area contributed by atoms with Gasteiger partial charge >= 0.3 is 0 Å². The zero-order valence-electron chi connectivity index (χ0n) is 23.1. The molecule has 0 aliphatic heterocycles. The van der Waals surface area contributed by atoms with Gasteiger partial charge in [-0.3, -0.25) is 4.57 Å². The monoisotopic (exact) mass is 526 g/mol. The van der Waals surface area contributed by atoms with Gasteiger partial charge in [0.2, 0.25) is 0 Å². The maximum atomic E-state index is 6.88. The predicted molar refractivity (Wildman–Crippen MR) is 190 cm³/mol. The lowest BCUT2D eigenvalue weighted by Gasteiger charge is -2.28. The normalized spacial score (nSPS) is 11.5. The van der Waals surface area contributed by atoms with Gasteiger partial charge in [0.15, 0.2) is 0 Å². The van der Waals surface area contributed by atoms with Crippen LogP contribution in [0, 0.1) is 0 Å². The number of aromatic nitrogens is 2. The third-order valence-corrected chi connectivity index (χ3v) is 8.18. The van der Waals surface area contributed by atoms with E-state index in [9.17, 15) is 0 Å². The SMILES string of the molecule is [B]c1c([B])c([B])c2c(-c3nc4ccccc4n3-c3ccccc3)c3c([B])c([B])c([B])c([B])c3c(-c3ccccc3)c2c1[B]. The molecule has 43 heavy (non-hydrogen) atoms. The average molecular weight is 525 g/mol. The van der Waals surface area contributed by atoms with Gasteiger partial charge in [0.25, 0.3) is 0 Å². The van der Waals surface area contributed by atoms with Gasteiger partial charge < -0.3 is 0 Å². The van der Waals surface area contributed by atoms with Crippen LogP contribution in [0.5, 0.6) is 0 Å². The van der Waals surface area contributed by atoms with E-state index in [0.29, 0.717) is 38.5 Å². The molecule has 0 spiro atoms. The molecular formula is C33H14B8N2. The summed E-state index contributed by atoms with van der Waals surface area (Å²) in [5.41, 5.74) is 6.09. The van der Waals surface area contributed by atoms with Crippen LogP contribution in [0.4, 0.5) is 0 Å². The molecule has 0 N–H and O–H groups in total. The summed E-state index contributed by atoms with van der Waals surface area (Å²) in [5.74, 6) is 0.535. The Hall–Kier alpha value is -4.17. The number of para-hydroxylation sites is 3. The van der Waals surface area contributed by atoms with Crippen molar-refractivity contribution in [2.45, 2.75) is 0 Å². The van der Waals surface area contributed by atoms with Crippen LogP contribution in [0.15, 0.2) is 84.9 Å². The fraction of sp³-hybridized carbons (Fsp3) is 0. The van der Waals surface area contributed by atoms with Crippen LogP contribution in [0.2, 0.25) is 0 Å². The molecule has 16 radical (unpaired) electrons. The Morgan fingerprint density at radius 3 is 1.35 bits per heavy atom. The van der Waals surface area contributed by atoms with Crippen LogP contribution in [-0.4, -0.2) is 72.3 Å². The summed E-state index contributed by atoms with van der Waals surface area (Å²) in [6.07, 6.45) is 0. The Bertz CT molecular complexity index is 2180. The predicted octanol–water partition coefficient (Wildman–Crippen LogP) is -0.984. The van der Waals surface area contributed by atoms with E-state index in [-0.39, 0.29) is 43.7 Å². The van der Waals surface area contributed by atoms with Crippen LogP contribution in [0.25, 0.3) is 60.8 Å². The van der Waals surface area contributed by atoms with Crippen LogP contribution >= 0.6 is 0 Å². The first kappa shape index (κ1) is 27.6. The van der Waals surface area contributed by atoms with E-state index in [1.807, 2.05) is 89.5 Å². The lowest BCUT2D eigenvalue weighted by Crippen LogP contribution is -2.50. The van der Waals surface area contributed by atoms with E-state index >= 15 is 0 Å². The van der Waals surface area contributed by atoms with E-state index in [1.54, 1.807) is 0 Å². The third-order valence-electron chi connectivity index (χ3n) is 8.18. The molecule has 0 aliphatic rings. The molecule has 7 rings (SSSR count). The zero-order valence-corrected chi connectivity index (χ0v) is 23.1. The van der Waals surface area contributed by atoms with Crippen molar-refractivity contribution in [3.63, 3.8) is 0 Å². The average Bonchev–Trinajstić information content (AvgIpc) is 3.43. The topological polar surface area (TPSA) is 17.8 Å². The minimum Gasteiger partial charge on any atom is -0.292 e. The molecule has 1 aromatic heterocycles. The highest BCUT2D eigenvalue weighted by molar-refractivity contribution is 6.71. The van der Waals surface area contributed by atoms with Crippen molar-refractivity contribution in [2.24, 2.45) is 0 Å². The molecule has 7 aromatic rings. The van der Waals surface area contributed by atoms with Crippen LogP contribution in [0.1, 0.15) is 0 Å². The van der Waals surface area contributed by atoms with Gasteiger partial charge in [0.05, 0.1) is 11.0 Å². The Morgan fingerprint density at radius 2 is 0.837 bits per heavy atom. The smallest absolute Gasteiger partial charge is 0.146 e. The number of nitrogens with zero attached hydrogens (tertiary/aromatic N) is 2. The number of imidazole rings is 1. The van der Waals surface area contributed by atoms with E-state index in [2.05, 4.69) is 0 Å². The maximum absolute atomic E-state index is 6.88. The minimum absolute atomic E-state index is 0.155. The molecule has 0 unspecified atom stereocenters. The quantitative estimate of drug-likeness (QED) is 0.215. The molecule has 6 aromatic carbocycles. The Morgan fingerprint density at radius 1 is 0.419 bits per heavy atom. The largest absolute Gasteiger partial charge is 0.292 e. The van der Waals surface area contributed by atoms with Crippen molar-refractivity contribution in [1.82, 2.24) is 9.55 Å². The highest BCUT2D eigenvalue weighted by Crippen LogP contribution is 2.41. The Kier molecular flexibility index (Phi) is 6.58. The van der Waals surface area contributed by atoms with Gasteiger partial charge in [0.1, 0.15) is 68.6 Å². The van der Waals surface area contributed by atoms with Gasteiger partial charge in [-0.15, -0.1) is 21.9 Å². The van der Waals surface area contributed by atoms with E-state index in [1.165, 1.54) is 0 Å². The molecule has 1 heterocycles. The molecule has 2 nitrogen and oxygen atoms in total. The third kappa shape index (κ3) is 3.95. The summed E-state index contributed by atoms with van der Waals surface area (Å²) >= 11 is 0. The lowest BCUT2D eigenvalue weighted by molar-refractivity contribution is 1.11. The molecule has 0 bridgehead atoms. The van der Waals surface area contributed by atoms with Gasteiger partial charge in [-0.1, -0.05) is 82.5 Å². The highest BCUT2D eigenvalue weighted by atomic mass is 15.1. The summed E-state index contributed by atoms with van der Waals surface area (Å²) in [5, 5.41) is 2.16. The van der Waals surface area contributed by atoms with Crippen LogP contribution < -0.4 is 43.7 Å². The highest BCUT2D eigenvalue weighted by Gasteiger charge is 2.27. The zero-order chi connectivity index (χ0) is 30.2. The van der Waals surface area contributed by atoms with E-state index < -0.39 is 0 Å². The van der Waals surface area contributed by atoms with Gasteiger partial charge in [0, 0.05) is 11.3 Å². The van der Waals surface area contributed by atoms with Crippen molar-refractivity contribution in [3.05, 3.63) is 84.9 Å². The molecule has 0 saturated carbocycles. The summed E-state index contributed by atoms with van der Waals surface area (Å²) < 4.78 is 2.04. The maximum Gasteiger partial charge on any atom is 0.146 e. The molecule has 0 saturated heterocycles. The van der Waals surface area contributed by atoms with Crippen LogP contribution in [-0.2, 0) is 0 Å². The second-order valence-corrected chi connectivity index (χ2v) is 10.5. The van der Waals surface area contributed by atoms with Crippen LogP contribution in [0.3, 0.4) is 0 Å². The van der Waals surface area contributed by atoms with E-state index in [0.717, 1.165) is 22.3 Å².